The van der Waals surface area contributed by atoms with E-state index in [1.165, 1.54) is 5.56 Å². The van der Waals surface area contributed by atoms with Gasteiger partial charge in [-0.05, 0) is 57.0 Å². The second-order valence-corrected chi connectivity index (χ2v) is 6.61. The molecule has 1 unspecified atom stereocenters. The summed E-state index contributed by atoms with van der Waals surface area (Å²) < 4.78 is 11.3. The minimum absolute atomic E-state index is 0.146. The quantitative estimate of drug-likeness (QED) is 0.886. The Morgan fingerprint density at radius 3 is 2.95 bits per heavy atom. The van der Waals surface area contributed by atoms with Crippen LogP contribution >= 0.6 is 0 Å². The summed E-state index contributed by atoms with van der Waals surface area (Å²) in [6.45, 7) is 7.97. The first-order chi connectivity index (χ1) is 10.5. The molecule has 0 bridgehead atoms. The summed E-state index contributed by atoms with van der Waals surface area (Å²) in [6, 6.07) is 10.7. The standard InChI is InChI=1S/C18H24N2O2/c1-13(19-11-15-5-4-8-21-15)9-14-6-7-17-16(10-14)20-12-18(2,3)22-17/h4-8,10,13,19-20H,9,11-12H2,1-3H3. The van der Waals surface area contributed by atoms with Gasteiger partial charge in [0.05, 0.1) is 25.0 Å². The summed E-state index contributed by atoms with van der Waals surface area (Å²) in [5.41, 5.74) is 2.25. The summed E-state index contributed by atoms with van der Waals surface area (Å²) >= 11 is 0. The Bertz CT molecular complexity index is 620. The molecule has 4 nitrogen and oxygen atoms in total. The van der Waals surface area contributed by atoms with Crippen molar-refractivity contribution in [2.45, 2.75) is 45.4 Å². The maximum absolute atomic E-state index is 5.99. The van der Waals surface area contributed by atoms with Crippen molar-refractivity contribution in [3.8, 4) is 5.75 Å². The number of ether oxygens (including phenoxy) is 1. The molecule has 0 radical (unpaired) electrons. The second-order valence-electron chi connectivity index (χ2n) is 6.61. The molecule has 1 aliphatic heterocycles. The van der Waals surface area contributed by atoms with Gasteiger partial charge in [-0.1, -0.05) is 6.07 Å². The Labute approximate surface area is 131 Å². The van der Waals surface area contributed by atoms with Crippen LogP contribution in [0.4, 0.5) is 5.69 Å². The lowest BCUT2D eigenvalue weighted by molar-refractivity contribution is 0.116. The fraction of sp³-hybridized carbons (Fsp3) is 0.444. The SMILES string of the molecule is CC(Cc1ccc2c(c1)NCC(C)(C)O2)NCc1ccco1. The Morgan fingerprint density at radius 2 is 2.18 bits per heavy atom. The summed E-state index contributed by atoms with van der Waals surface area (Å²) in [5, 5.41) is 6.94. The van der Waals surface area contributed by atoms with E-state index in [1.807, 2.05) is 12.1 Å². The molecule has 0 amide bonds. The van der Waals surface area contributed by atoms with E-state index in [4.69, 9.17) is 9.15 Å². The van der Waals surface area contributed by atoms with E-state index >= 15 is 0 Å². The molecule has 1 aromatic carbocycles. The molecule has 0 spiro atoms. The van der Waals surface area contributed by atoms with Crippen LogP contribution in [0.15, 0.2) is 41.0 Å². The van der Waals surface area contributed by atoms with Crippen molar-refractivity contribution in [3.63, 3.8) is 0 Å². The zero-order valence-corrected chi connectivity index (χ0v) is 13.5. The number of benzene rings is 1. The lowest BCUT2D eigenvalue weighted by Crippen LogP contribution is -2.40. The number of nitrogens with one attached hydrogen (secondary N) is 2. The normalized spacial score (nSPS) is 17.2. The van der Waals surface area contributed by atoms with Crippen LogP contribution < -0.4 is 15.4 Å². The second kappa shape index (κ2) is 6.05. The van der Waals surface area contributed by atoms with Gasteiger partial charge < -0.3 is 19.8 Å². The lowest BCUT2D eigenvalue weighted by atomic mass is 10.0. The van der Waals surface area contributed by atoms with Crippen LogP contribution in [0.25, 0.3) is 0 Å². The Hall–Kier alpha value is -1.94. The predicted molar refractivity (Wildman–Crippen MR) is 88.4 cm³/mol. The molecular formula is C18H24N2O2. The van der Waals surface area contributed by atoms with Crippen molar-refractivity contribution >= 4 is 5.69 Å². The van der Waals surface area contributed by atoms with Crippen molar-refractivity contribution in [2.24, 2.45) is 0 Å². The molecule has 2 heterocycles. The van der Waals surface area contributed by atoms with Gasteiger partial charge in [0.1, 0.15) is 17.1 Å². The molecule has 0 saturated heterocycles. The summed E-state index contributed by atoms with van der Waals surface area (Å²) in [5.74, 6) is 1.91. The molecule has 1 aliphatic rings. The highest BCUT2D eigenvalue weighted by Gasteiger charge is 2.26. The van der Waals surface area contributed by atoms with Gasteiger partial charge >= 0.3 is 0 Å². The van der Waals surface area contributed by atoms with E-state index in [0.29, 0.717) is 6.04 Å². The van der Waals surface area contributed by atoms with E-state index in [-0.39, 0.29) is 5.60 Å². The molecule has 0 saturated carbocycles. The van der Waals surface area contributed by atoms with Gasteiger partial charge in [-0.25, -0.2) is 0 Å². The zero-order chi connectivity index (χ0) is 15.6. The van der Waals surface area contributed by atoms with Crippen LogP contribution in [-0.4, -0.2) is 18.2 Å². The topological polar surface area (TPSA) is 46.4 Å². The number of anilines is 1. The Kier molecular flexibility index (Phi) is 4.12. The van der Waals surface area contributed by atoms with E-state index in [1.54, 1.807) is 6.26 Å². The fourth-order valence-corrected chi connectivity index (χ4v) is 2.69. The third-order valence-corrected chi connectivity index (χ3v) is 3.88. The highest BCUT2D eigenvalue weighted by Crippen LogP contribution is 2.33. The van der Waals surface area contributed by atoms with Gasteiger partial charge in [-0.15, -0.1) is 0 Å². The number of furan rings is 1. The van der Waals surface area contributed by atoms with E-state index in [2.05, 4.69) is 49.6 Å². The first-order valence-electron chi connectivity index (χ1n) is 7.83. The van der Waals surface area contributed by atoms with Crippen molar-refractivity contribution in [2.75, 3.05) is 11.9 Å². The smallest absolute Gasteiger partial charge is 0.143 e. The average molecular weight is 300 g/mol. The van der Waals surface area contributed by atoms with Gasteiger partial charge in [0, 0.05) is 6.04 Å². The molecule has 1 atom stereocenters. The highest BCUT2D eigenvalue weighted by atomic mass is 16.5. The van der Waals surface area contributed by atoms with Crippen molar-refractivity contribution < 1.29 is 9.15 Å². The monoisotopic (exact) mass is 300 g/mol. The first-order valence-corrected chi connectivity index (χ1v) is 7.83. The Balaban J connectivity index is 1.59. The van der Waals surface area contributed by atoms with E-state index < -0.39 is 0 Å². The third kappa shape index (κ3) is 3.63. The van der Waals surface area contributed by atoms with Crippen LogP contribution in [0.3, 0.4) is 0 Å². The molecule has 118 valence electrons. The van der Waals surface area contributed by atoms with Gasteiger partial charge in [-0.3, -0.25) is 0 Å². The van der Waals surface area contributed by atoms with Gasteiger partial charge in [0.2, 0.25) is 0 Å². The average Bonchev–Trinajstić information content (AvgIpc) is 2.98. The zero-order valence-electron chi connectivity index (χ0n) is 13.5. The molecule has 3 rings (SSSR count). The molecule has 2 N–H and O–H groups in total. The molecular weight excluding hydrogens is 276 g/mol. The summed E-state index contributed by atoms with van der Waals surface area (Å²) in [7, 11) is 0. The Morgan fingerprint density at radius 1 is 1.32 bits per heavy atom. The van der Waals surface area contributed by atoms with Crippen molar-refractivity contribution in [1.82, 2.24) is 5.32 Å². The number of hydrogen-bond acceptors (Lipinski definition) is 4. The molecule has 4 heteroatoms. The fourth-order valence-electron chi connectivity index (χ4n) is 2.69. The molecule has 2 aromatic rings. The number of rotatable bonds is 5. The predicted octanol–water partition coefficient (Wildman–Crippen LogP) is 3.58. The van der Waals surface area contributed by atoms with Crippen LogP contribution in [0, 0.1) is 0 Å². The molecule has 22 heavy (non-hydrogen) atoms. The van der Waals surface area contributed by atoms with Crippen LogP contribution in [0.5, 0.6) is 5.75 Å². The number of fused-ring (bicyclic) bond motifs is 1. The van der Waals surface area contributed by atoms with Crippen LogP contribution in [-0.2, 0) is 13.0 Å². The molecule has 0 fully saturated rings. The molecule has 0 aliphatic carbocycles. The minimum Gasteiger partial charge on any atom is -0.484 e. The van der Waals surface area contributed by atoms with Crippen LogP contribution in [0.1, 0.15) is 32.1 Å². The van der Waals surface area contributed by atoms with Gasteiger partial charge in [-0.2, -0.15) is 0 Å². The van der Waals surface area contributed by atoms with Gasteiger partial charge in [0.25, 0.3) is 0 Å². The summed E-state index contributed by atoms with van der Waals surface area (Å²) in [6.07, 6.45) is 2.68. The van der Waals surface area contributed by atoms with Crippen LogP contribution in [0.2, 0.25) is 0 Å². The first kappa shape index (κ1) is 15.0. The highest BCUT2D eigenvalue weighted by molar-refractivity contribution is 5.60. The van der Waals surface area contributed by atoms with Crippen molar-refractivity contribution in [3.05, 3.63) is 47.9 Å². The van der Waals surface area contributed by atoms with Crippen molar-refractivity contribution in [1.29, 1.82) is 0 Å². The largest absolute Gasteiger partial charge is 0.484 e. The third-order valence-electron chi connectivity index (χ3n) is 3.88. The maximum Gasteiger partial charge on any atom is 0.143 e. The maximum atomic E-state index is 5.99. The van der Waals surface area contributed by atoms with E-state index in [9.17, 15) is 0 Å². The minimum atomic E-state index is -0.146. The van der Waals surface area contributed by atoms with Gasteiger partial charge in [0.15, 0.2) is 0 Å². The lowest BCUT2D eigenvalue weighted by Gasteiger charge is -2.33. The summed E-state index contributed by atoms with van der Waals surface area (Å²) in [4.78, 5) is 0. The number of hydrogen-bond donors (Lipinski definition) is 2. The van der Waals surface area contributed by atoms with E-state index in [0.717, 1.165) is 36.7 Å². The molecule has 1 aromatic heterocycles.